The Bertz CT molecular complexity index is 946. The van der Waals surface area contributed by atoms with Crippen molar-refractivity contribution in [1.82, 2.24) is 0 Å². The molecule has 0 saturated carbocycles. The first kappa shape index (κ1) is 20.6. The number of aryl methyl sites for hydroxylation is 1. The molecule has 3 N–H and O–H groups in total. The highest BCUT2D eigenvalue weighted by molar-refractivity contribution is 9.10. The molecule has 0 unspecified atom stereocenters. The van der Waals surface area contributed by atoms with Crippen LogP contribution in [-0.2, 0) is 27.2 Å². The number of benzene rings is 1. The smallest absolute Gasteiger partial charge is 0.344 e. The number of hydrogen-bond donors (Lipinski definition) is 2. The Labute approximate surface area is 178 Å². The first-order valence-corrected chi connectivity index (χ1v) is 10.3. The van der Waals surface area contributed by atoms with Gasteiger partial charge in [0.1, 0.15) is 10.8 Å². The summed E-state index contributed by atoms with van der Waals surface area (Å²) < 4.78 is 10.8. The number of halogens is 2. The summed E-state index contributed by atoms with van der Waals surface area (Å²) in [6, 6.07) is 4.85. The summed E-state index contributed by atoms with van der Waals surface area (Å²) in [5.41, 5.74) is 6.71. The number of hydrogen-bond acceptors (Lipinski definition) is 6. The molecule has 10 heteroatoms. The van der Waals surface area contributed by atoms with Gasteiger partial charge in [0, 0.05) is 9.90 Å². The second-order valence-electron chi connectivity index (χ2n) is 6.00. The number of rotatable bonds is 7. The van der Waals surface area contributed by atoms with E-state index in [4.69, 9.17) is 26.8 Å². The van der Waals surface area contributed by atoms with Crippen LogP contribution in [0.5, 0.6) is 5.75 Å². The lowest BCUT2D eigenvalue weighted by Crippen LogP contribution is -2.24. The molecule has 1 heterocycles. The van der Waals surface area contributed by atoms with Crippen LogP contribution >= 0.6 is 38.9 Å². The predicted octanol–water partition coefficient (Wildman–Crippen LogP) is 3.31. The molecule has 2 aromatic rings. The van der Waals surface area contributed by atoms with Crippen molar-refractivity contribution >= 4 is 61.7 Å². The minimum Gasteiger partial charge on any atom is -0.481 e. The number of carbonyl (C=O) groups excluding carboxylic acids is 3. The van der Waals surface area contributed by atoms with Crippen molar-refractivity contribution in [3.8, 4) is 5.75 Å². The topological polar surface area (TPSA) is 108 Å². The van der Waals surface area contributed by atoms with Gasteiger partial charge >= 0.3 is 5.97 Å². The summed E-state index contributed by atoms with van der Waals surface area (Å²) in [5, 5.41) is 3.53. The van der Waals surface area contributed by atoms with Crippen LogP contribution in [0.25, 0.3) is 0 Å². The molecule has 28 heavy (non-hydrogen) atoms. The van der Waals surface area contributed by atoms with Crippen molar-refractivity contribution in [2.75, 3.05) is 18.5 Å². The molecule has 7 nitrogen and oxygen atoms in total. The molecule has 3 rings (SSSR count). The van der Waals surface area contributed by atoms with E-state index in [0.717, 1.165) is 29.7 Å². The molecule has 0 bridgehead atoms. The Kier molecular flexibility index (Phi) is 6.58. The first-order valence-electron chi connectivity index (χ1n) is 8.33. The number of thiophene rings is 1. The van der Waals surface area contributed by atoms with Crippen molar-refractivity contribution in [3.05, 3.63) is 43.7 Å². The molecule has 1 aromatic heterocycles. The third-order valence-electron chi connectivity index (χ3n) is 4.02. The minimum absolute atomic E-state index is 0.355. The third kappa shape index (κ3) is 4.84. The Morgan fingerprint density at radius 2 is 2.04 bits per heavy atom. The maximum absolute atomic E-state index is 12.1. The molecule has 0 spiro atoms. The number of primary amides is 1. The summed E-state index contributed by atoms with van der Waals surface area (Å²) >= 11 is 10.4. The molecule has 1 aromatic carbocycles. The average molecular weight is 488 g/mol. The molecule has 0 saturated heterocycles. The van der Waals surface area contributed by atoms with Crippen molar-refractivity contribution < 1.29 is 23.9 Å². The maximum atomic E-state index is 12.1. The summed E-state index contributed by atoms with van der Waals surface area (Å²) in [4.78, 5) is 36.7. The van der Waals surface area contributed by atoms with Crippen LogP contribution in [0.15, 0.2) is 22.7 Å². The van der Waals surface area contributed by atoms with E-state index in [1.54, 1.807) is 18.2 Å². The summed E-state index contributed by atoms with van der Waals surface area (Å²) in [6.07, 6.45) is 2.60. The van der Waals surface area contributed by atoms with Gasteiger partial charge in [0.25, 0.3) is 11.8 Å². The third-order valence-corrected chi connectivity index (χ3v) is 6.09. The average Bonchev–Trinajstić information content (AvgIpc) is 3.19. The van der Waals surface area contributed by atoms with E-state index in [-0.39, 0.29) is 6.61 Å². The van der Waals surface area contributed by atoms with Gasteiger partial charge in [-0.05, 0) is 59.0 Å². The molecule has 148 valence electrons. The van der Waals surface area contributed by atoms with Gasteiger partial charge in [0.05, 0.1) is 10.0 Å². The van der Waals surface area contributed by atoms with E-state index < -0.39 is 24.4 Å². The Morgan fingerprint density at radius 1 is 1.25 bits per heavy atom. The van der Waals surface area contributed by atoms with E-state index in [1.807, 2.05) is 0 Å². The SMILES string of the molecule is NC(=O)c1c(NC(=O)COC(=O)COc2ccc(Cl)cc2Br)sc2c1CCC2. The van der Waals surface area contributed by atoms with Crippen LogP contribution in [-0.4, -0.2) is 31.0 Å². The van der Waals surface area contributed by atoms with Crippen molar-refractivity contribution in [2.45, 2.75) is 19.3 Å². The van der Waals surface area contributed by atoms with Crippen molar-refractivity contribution in [3.63, 3.8) is 0 Å². The van der Waals surface area contributed by atoms with E-state index in [1.165, 1.54) is 11.3 Å². The number of fused-ring (bicyclic) bond motifs is 1. The number of nitrogens with two attached hydrogens (primary N) is 1. The zero-order valence-electron chi connectivity index (χ0n) is 14.6. The quantitative estimate of drug-likeness (QED) is 0.583. The van der Waals surface area contributed by atoms with Crippen molar-refractivity contribution in [1.29, 1.82) is 0 Å². The lowest BCUT2D eigenvalue weighted by atomic mass is 10.1. The summed E-state index contributed by atoms with van der Waals surface area (Å²) in [6.45, 7) is -0.863. The highest BCUT2D eigenvalue weighted by Crippen LogP contribution is 2.38. The molecule has 0 fully saturated rings. The minimum atomic E-state index is -0.708. The fourth-order valence-corrected chi connectivity index (χ4v) is 4.94. The largest absolute Gasteiger partial charge is 0.481 e. The number of esters is 1. The van der Waals surface area contributed by atoms with Gasteiger partial charge in [-0.15, -0.1) is 11.3 Å². The number of amides is 2. The number of ether oxygens (including phenoxy) is 2. The van der Waals surface area contributed by atoms with Gasteiger partial charge in [0.2, 0.25) is 0 Å². The Morgan fingerprint density at radius 3 is 2.75 bits per heavy atom. The molecule has 0 aliphatic heterocycles. The molecule has 0 radical (unpaired) electrons. The normalized spacial score (nSPS) is 12.4. The fourth-order valence-electron chi connectivity index (χ4n) is 2.83. The van der Waals surface area contributed by atoms with Crippen LogP contribution in [0.1, 0.15) is 27.2 Å². The van der Waals surface area contributed by atoms with Crippen LogP contribution in [0.4, 0.5) is 5.00 Å². The monoisotopic (exact) mass is 486 g/mol. The number of nitrogens with one attached hydrogen (secondary N) is 1. The zero-order chi connectivity index (χ0) is 20.3. The van der Waals surface area contributed by atoms with Gasteiger partial charge < -0.3 is 20.5 Å². The van der Waals surface area contributed by atoms with Crippen LogP contribution in [0, 0.1) is 0 Å². The zero-order valence-corrected chi connectivity index (χ0v) is 17.7. The lowest BCUT2D eigenvalue weighted by molar-refractivity contribution is -0.149. The summed E-state index contributed by atoms with van der Waals surface area (Å²) in [7, 11) is 0. The molecule has 2 amide bonds. The standard InChI is InChI=1S/C18H16BrClN2O5S/c19-11-6-9(20)4-5-12(11)26-8-15(24)27-7-14(23)22-18-16(17(21)25)10-2-1-3-13(10)28-18/h4-6H,1-3,7-8H2,(H2,21,25)(H,22,23). The second-order valence-corrected chi connectivity index (χ2v) is 8.39. The molecular weight excluding hydrogens is 472 g/mol. The molecule has 1 aliphatic rings. The van der Waals surface area contributed by atoms with Gasteiger partial charge in [-0.2, -0.15) is 0 Å². The van der Waals surface area contributed by atoms with E-state index in [9.17, 15) is 14.4 Å². The molecule has 0 atom stereocenters. The first-order chi connectivity index (χ1) is 13.3. The molecule has 1 aliphatic carbocycles. The Hall–Kier alpha value is -2.10. The second kappa shape index (κ2) is 8.93. The predicted molar refractivity (Wildman–Crippen MR) is 109 cm³/mol. The highest BCUT2D eigenvalue weighted by atomic mass is 79.9. The summed E-state index contributed by atoms with van der Waals surface area (Å²) in [5.74, 6) is -1.41. The van der Waals surface area contributed by atoms with Gasteiger partial charge in [-0.1, -0.05) is 11.6 Å². The van der Waals surface area contributed by atoms with E-state index in [2.05, 4.69) is 21.2 Å². The van der Waals surface area contributed by atoms with Crippen LogP contribution in [0.2, 0.25) is 5.02 Å². The number of carbonyl (C=O) groups is 3. The number of anilines is 1. The van der Waals surface area contributed by atoms with Crippen molar-refractivity contribution in [2.24, 2.45) is 5.73 Å². The van der Waals surface area contributed by atoms with Gasteiger partial charge in [0.15, 0.2) is 13.2 Å². The van der Waals surface area contributed by atoms with E-state index >= 15 is 0 Å². The highest BCUT2D eigenvalue weighted by Gasteiger charge is 2.26. The maximum Gasteiger partial charge on any atom is 0.344 e. The fraction of sp³-hybridized carbons (Fsp3) is 0.278. The van der Waals surface area contributed by atoms with E-state index in [0.29, 0.717) is 25.8 Å². The van der Waals surface area contributed by atoms with Crippen LogP contribution < -0.4 is 15.8 Å². The lowest BCUT2D eigenvalue weighted by Gasteiger charge is -2.09. The Balaban J connectivity index is 1.51. The van der Waals surface area contributed by atoms with Gasteiger partial charge in [-0.3, -0.25) is 9.59 Å². The molecular formula is C18H16BrClN2O5S. The van der Waals surface area contributed by atoms with Crippen LogP contribution in [0.3, 0.4) is 0 Å². The van der Waals surface area contributed by atoms with Gasteiger partial charge in [-0.25, -0.2) is 4.79 Å².